The number of rotatable bonds is 2. The van der Waals surface area contributed by atoms with E-state index in [2.05, 4.69) is 15.0 Å². The number of carbonyl (C=O) groups excluding carboxylic acids is 1. The van der Waals surface area contributed by atoms with Gasteiger partial charge in [0.1, 0.15) is 5.69 Å². The van der Waals surface area contributed by atoms with Gasteiger partial charge in [0.25, 0.3) is 0 Å². The van der Waals surface area contributed by atoms with Crippen LogP contribution in [0.3, 0.4) is 0 Å². The standard InChI is InChI=1S/C9H8N4OS/c1-5-4-6(13-9(10)12-5)7(14)8-11-2-3-15-8/h2-4H,1H3,(H2,10,12,13). The maximum atomic E-state index is 11.8. The van der Waals surface area contributed by atoms with Gasteiger partial charge in [0.05, 0.1) is 0 Å². The summed E-state index contributed by atoms with van der Waals surface area (Å²) in [6.07, 6.45) is 1.58. The number of nitrogen functional groups attached to an aromatic ring is 1. The molecule has 2 N–H and O–H groups in total. The molecule has 0 unspecified atom stereocenters. The molecule has 0 aromatic carbocycles. The van der Waals surface area contributed by atoms with E-state index in [4.69, 9.17) is 5.73 Å². The van der Waals surface area contributed by atoms with Crippen LogP contribution in [0, 0.1) is 6.92 Å². The largest absolute Gasteiger partial charge is 0.368 e. The number of hydrogen-bond donors (Lipinski definition) is 1. The van der Waals surface area contributed by atoms with E-state index in [0.29, 0.717) is 10.7 Å². The molecule has 2 heterocycles. The molecule has 0 aliphatic heterocycles. The summed E-state index contributed by atoms with van der Waals surface area (Å²) in [5.74, 6) is -0.114. The number of aryl methyl sites for hydroxylation is 1. The lowest BCUT2D eigenvalue weighted by Gasteiger charge is -1.99. The van der Waals surface area contributed by atoms with Crippen molar-refractivity contribution in [1.29, 1.82) is 0 Å². The molecule has 2 aromatic rings. The third-order valence-corrected chi connectivity index (χ3v) is 2.50. The Morgan fingerprint density at radius 1 is 1.47 bits per heavy atom. The Balaban J connectivity index is 2.42. The van der Waals surface area contributed by atoms with Crippen molar-refractivity contribution in [3.05, 3.63) is 34.0 Å². The Hall–Kier alpha value is -1.82. The monoisotopic (exact) mass is 220 g/mol. The highest BCUT2D eigenvalue weighted by molar-refractivity contribution is 7.11. The van der Waals surface area contributed by atoms with Crippen LogP contribution in [0.2, 0.25) is 0 Å². The van der Waals surface area contributed by atoms with Crippen molar-refractivity contribution in [1.82, 2.24) is 15.0 Å². The zero-order valence-corrected chi connectivity index (χ0v) is 8.78. The quantitative estimate of drug-likeness (QED) is 0.765. The van der Waals surface area contributed by atoms with Crippen molar-refractivity contribution in [2.45, 2.75) is 6.92 Å². The SMILES string of the molecule is Cc1cc(C(=O)c2nccs2)nc(N)n1. The number of nitrogens with two attached hydrogens (primary N) is 1. The van der Waals surface area contributed by atoms with Crippen LogP contribution in [0.25, 0.3) is 0 Å². The van der Waals surface area contributed by atoms with E-state index in [1.807, 2.05) is 0 Å². The second-order valence-corrected chi connectivity index (χ2v) is 3.81. The molecule has 76 valence electrons. The zero-order chi connectivity index (χ0) is 10.8. The molecule has 5 nitrogen and oxygen atoms in total. The highest BCUT2D eigenvalue weighted by atomic mass is 32.1. The van der Waals surface area contributed by atoms with E-state index in [-0.39, 0.29) is 17.4 Å². The maximum Gasteiger partial charge on any atom is 0.240 e. The van der Waals surface area contributed by atoms with Gasteiger partial charge < -0.3 is 5.73 Å². The van der Waals surface area contributed by atoms with Gasteiger partial charge in [0.2, 0.25) is 11.7 Å². The molecule has 15 heavy (non-hydrogen) atoms. The number of thiazole rings is 1. The molecular formula is C9H8N4OS. The van der Waals surface area contributed by atoms with E-state index in [9.17, 15) is 4.79 Å². The van der Waals surface area contributed by atoms with Crippen LogP contribution in [0.15, 0.2) is 17.6 Å². The molecule has 0 atom stereocenters. The molecule has 0 aliphatic carbocycles. The Kier molecular flexibility index (Phi) is 2.42. The molecule has 0 aliphatic rings. The summed E-state index contributed by atoms with van der Waals surface area (Å²) >= 11 is 1.28. The van der Waals surface area contributed by atoms with Gasteiger partial charge in [0, 0.05) is 17.3 Å². The number of anilines is 1. The molecule has 2 aromatic heterocycles. The van der Waals surface area contributed by atoms with Crippen molar-refractivity contribution in [2.24, 2.45) is 0 Å². The number of aromatic nitrogens is 3. The van der Waals surface area contributed by atoms with Crippen molar-refractivity contribution in [3.8, 4) is 0 Å². The Morgan fingerprint density at radius 3 is 2.87 bits per heavy atom. The van der Waals surface area contributed by atoms with Gasteiger partial charge in [-0.15, -0.1) is 11.3 Å². The fraction of sp³-hybridized carbons (Fsp3) is 0.111. The van der Waals surface area contributed by atoms with Crippen molar-refractivity contribution < 1.29 is 4.79 Å². The van der Waals surface area contributed by atoms with Crippen LogP contribution < -0.4 is 5.73 Å². The Morgan fingerprint density at radius 2 is 2.27 bits per heavy atom. The Labute approximate surface area is 90.0 Å². The van der Waals surface area contributed by atoms with Crippen molar-refractivity contribution >= 4 is 23.1 Å². The van der Waals surface area contributed by atoms with Gasteiger partial charge >= 0.3 is 0 Å². The van der Waals surface area contributed by atoms with E-state index in [1.54, 1.807) is 24.6 Å². The summed E-state index contributed by atoms with van der Waals surface area (Å²) in [5, 5.41) is 2.15. The van der Waals surface area contributed by atoms with Crippen LogP contribution in [-0.2, 0) is 0 Å². The average molecular weight is 220 g/mol. The third-order valence-electron chi connectivity index (χ3n) is 1.73. The molecule has 0 spiro atoms. The average Bonchev–Trinajstić information content (AvgIpc) is 2.67. The number of hydrogen-bond acceptors (Lipinski definition) is 6. The predicted octanol–water partition coefficient (Wildman–Crippen LogP) is 1.05. The molecule has 0 saturated carbocycles. The summed E-state index contributed by atoms with van der Waals surface area (Å²) in [6, 6.07) is 1.60. The van der Waals surface area contributed by atoms with Crippen LogP contribution >= 0.6 is 11.3 Å². The van der Waals surface area contributed by atoms with Gasteiger partial charge in [-0.2, -0.15) is 0 Å². The van der Waals surface area contributed by atoms with Gasteiger partial charge in [0.15, 0.2) is 5.01 Å². The van der Waals surface area contributed by atoms with Gasteiger partial charge in [-0.25, -0.2) is 15.0 Å². The third kappa shape index (κ3) is 1.99. The molecule has 0 saturated heterocycles. The summed E-state index contributed by atoms with van der Waals surface area (Å²) in [7, 11) is 0. The number of carbonyl (C=O) groups is 1. The summed E-state index contributed by atoms with van der Waals surface area (Å²) in [5.41, 5.74) is 6.42. The van der Waals surface area contributed by atoms with Crippen LogP contribution in [0.5, 0.6) is 0 Å². The second kappa shape index (κ2) is 3.74. The van der Waals surface area contributed by atoms with Crippen molar-refractivity contribution in [2.75, 3.05) is 5.73 Å². The van der Waals surface area contributed by atoms with E-state index in [1.165, 1.54) is 11.3 Å². The van der Waals surface area contributed by atoms with Gasteiger partial charge in [-0.05, 0) is 13.0 Å². The topological polar surface area (TPSA) is 81.8 Å². The smallest absolute Gasteiger partial charge is 0.240 e. The first-order valence-electron chi connectivity index (χ1n) is 4.22. The summed E-state index contributed by atoms with van der Waals surface area (Å²) in [6.45, 7) is 1.76. The fourth-order valence-corrected chi connectivity index (χ4v) is 1.74. The molecule has 2 rings (SSSR count). The zero-order valence-electron chi connectivity index (χ0n) is 7.97. The first-order chi connectivity index (χ1) is 7.16. The Bertz CT molecular complexity index is 475. The summed E-state index contributed by atoms with van der Waals surface area (Å²) < 4.78 is 0. The highest BCUT2D eigenvalue weighted by Crippen LogP contribution is 2.11. The number of ketones is 1. The van der Waals surface area contributed by atoms with Gasteiger partial charge in [-0.1, -0.05) is 0 Å². The van der Waals surface area contributed by atoms with Crippen LogP contribution in [0.4, 0.5) is 5.95 Å². The van der Waals surface area contributed by atoms with E-state index >= 15 is 0 Å². The van der Waals surface area contributed by atoms with Gasteiger partial charge in [-0.3, -0.25) is 4.79 Å². The minimum absolute atomic E-state index is 0.106. The molecule has 6 heteroatoms. The van der Waals surface area contributed by atoms with Crippen LogP contribution in [-0.4, -0.2) is 20.7 Å². The summed E-state index contributed by atoms with van der Waals surface area (Å²) in [4.78, 5) is 23.5. The normalized spacial score (nSPS) is 10.2. The molecule has 0 radical (unpaired) electrons. The number of nitrogens with zero attached hydrogens (tertiary/aromatic N) is 3. The molecule has 0 amide bonds. The minimum Gasteiger partial charge on any atom is -0.368 e. The van der Waals surface area contributed by atoms with Crippen LogP contribution in [0.1, 0.15) is 21.2 Å². The molecule has 0 bridgehead atoms. The maximum absolute atomic E-state index is 11.8. The van der Waals surface area contributed by atoms with Crippen molar-refractivity contribution in [3.63, 3.8) is 0 Å². The lowest BCUT2D eigenvalue weighted by atomic mass is 10.2. The highest BCUT2D eigenvalue weighted by Gasteiger charge is 2.14. The molecule has 0 fully saturated rings. The van der Waals surface area contributed by atoms with E-state index in [0.717, 1.165) is 0 Å². The first-order valence-corrected chi connectivity index (χ1v) is 5.10. The fourth-order valence-electron chi connectivity index (χ4n) is 1.15. The lowest BCUT2D eigenvalue weighted by Crippen LogP contribution is -2.07. The first kappa shape index (κ1) is 9.72. The van der Waals surface area contributed by atoms with E-state index < -0.39 is 0 Å². The second-order valence-electron chi connectivity index (χ2n) is 2.92. The minimum atomic E-state index is -0.220. The predicted molar refractivity (Wildman–Crippen MR) is 56.7 cm³/mol. The molecular weight excluding hydrogens is 212 g/mol. The lowest BCUT2D eigenvalue weighted by molar-refractivity contribution is 0.103.